The lowest BCUT2D eigenvalue weighted by Gasteiger charge is -2.03. The van der Waals surface area contributed by atoms with Crippen LogP contribution in [0.5, 0.6) is 0 Å². The summed E-state index contributed by atoms with van der Waals surface area (Å²) in [6.07, 6.45) is 1.31. The highest BCUT2D eigenvalue weighted by atomic mass is 16.1. The van der Waals surface area contributed by atoms with Crippen LogP contribution in [0.4, 0.5) is 11.6 Å². The second-order valence-corrected chi connectivity index (χ2v) is 2.88. The van der Waals surface area contributed by atoms with E-state index in [1.807, 2.05) is 0 Å². The molecule has 6 nitrogen and oxygen atoms in total. The predicted octanol–water partition coefficient (Wildman–Crippen LogP) is 0.639. The summed E-state index contributed by atoms with van der Waals surface area (Å²) in [6, 6.07) is 6.81. The van der Waals surface area contributed by atoms with Gasteiger partial charge in [-0.05, 0) is 12.1 Å². The molecule has 0 unspecified atom stereocenters. The van der Waals surface area contributed by atoms with Crippen molar-refractivity contribution in [1.82, 2.24) is 15.2 Å². The van der Waals surface area contributed by atoms with Crippen molar-refractivity contribution in [3.63, 3.8) is 0 Å². The molecule has 0 aliphatic carbocycles. The third-order valence-electron chi connectivity index (χ3n) is 1.85. The third-order valence-corrected chi connectivity index (χ3v) is 1.85. The zero-order valence-electron chi connectivity index (χ0n) is 7.77. The number of rotatable bonds is 2. The van der Waals surface area contributed by atoms with Crippen LogP contribution in [0.1, 0.15) is 10.4 Å². The van der Waals surface area contributed by atoms with Crippen LogP contribution in [0.2, 0.25) is 0 Å². The van der Waals surface area contributed by atoms with E-state index in [-0.39, 0.29) is 5.91 Å². The molecule has 4 N–H and O–H groups in total. The molecule has 0 saturated carbocycles. The van der Waals surface area contributed by atoms with Crippen LogP contribution < -0.4 is 11.1 Å². The summed E-state index contributed by atoms with van der Waals surface area (Å²) in [5, 5.41) is 8.66. The molecule has 1 aromatic heterocycles. The summed E-state index contributed by atoms with van der Waals surface area (Å²) < 4.78 is 0. The van der Waals surface area contributed by atoms with Crippen molar-refractivity contribution in [2.24, 2.45) is 0 Å². The number of H-pyrrole nitrogens is 1. The smallest absolute Gasteiger partial charge is 0.260 e. The van der Waals surface area contributed by atoms with Gasteiger partial charge in [-0.1, -0.05) is 12.1 Å². The number of aromatic amines is 1. The molecule has 0 saturated heterocycles. The maximum atomic E-state index is 11.7. The van der Waals surface area contributed by atoms with Gasteiger partial charge >= 0.3 is 0 Å². The van der Waals surface area contributed by atoms with Crippen molar-refractivity contribution in [3.05, 3.63) is 36.2 Å². The van der Waals surface area contributed by atoms with Gasteiger partial charge in [0.1, 0.15) is 6.33 Å². The molecule has 0 fully saturated rings. The zero-order chi connectivity index (χ0) is 10.7. The molecule has 1 aromatic carbocycles. The fraction of sp³-hybridized carbons (Fsp3) is 0. The first-order valence-corrected chi connectivity index (χ1v) is 4.28. The molecule has 6 heteroatoms. The Labute approximate surface area is 85.5 Å². The number of carbonyl (C=O) groups excluding carboxylic acids is 1. The van der Waals surface area contributed by atoms with Crippen LogP contribution in [-0.4, -0.2) is 21.1 Å². The number of nitrogens with two attached hydrogens (primary N) is 1. The number of nitrogens with one attached hydrogen (secondary N) is 2. The number of hydrogen-bond acceptors (Lipinski definition) is 4. The number of para-hydroxylation sites is 1. The second kappa shape index (κ2) is 3.79. The van der Waals surface area contributed by atoms with Gasteiger partial charge in [-0.25, -0.2) is 5.10 Å². The minimum Gasteiger partial charge on any atom is -0.398 e. The van der Waals surface area contributed by atoms with E-state index in [1.54, 1.807) is 24.3 Å². The van der Waals surface area contributed by atoms with E-state index in [2.05, 4.69) is 20.5 Å². The number of hydrogen-bond donors (Lipinski definition) is 3. The molecule has 0 atom stereocenters. The molecule has 2 rings (SSSR count). The second-order valence-electron chi connectivity index (χ2n) is 2.88. The lowest BCUT2D eigenvalue weighted by Crippen LogP contribution is -2.14. The van der Waals surface area contributed by atoms with Crippen LogP contribution in [0, 0.1) is 0 Å². The van der Waals surface area contributed by atoms with Crippen molar-refractivity contribution < 1.29 is 4.79 Å². The molecule has 0 radical (unpaired) electrons. The van der Waals surface area contributed by atoms with E-state index in [1.165, 1.54) is 6.33 Å². The average molecular weight is 203 g/mol. The minimum absolute atomic E-state index is 0.295. The van der Waals surface area contributed by atoms with E-state index in [9.17, 15) is 4.79 Å². The van der Waals surface area contributed by atoms with Gasteiger partial charge in [0, 0.05) is 5.69 Å². The van der Waals surface area contributed by atoms with Crippen LogP contribution in [0.3, 0.4) is 0 Å². The van der Waals surface area contributed by atoms with E-state index in [0.29, 0.717) is 17.2 Å². The summed E-state index contributed by atoms with van der Waals surface area (Å²) in [6.45, 7) is 0. The Morgan fingerprint density at radius 2 is 2.20 bits per heavy atom. The Kier molecular flexibility index (Phi) is 2.32. The van der Waals surface area contributed by atoms with Crippen molar-refractivity contribution in [1.29, 1.82) is 0 Å². The van der Waals surface area contributed by atoms with Crippen LogP contribution in [-0.2, 0) is 0 Å². The molecule has 76 valence electrons. The highest BCUT2D eigenvalue weighted by Gasteiger charge is 2.09. The summed E-state index contributed by atoms with van der Waals surface area (Å²) in [7, 11) is 0. The van der Waals surface area contributed by atoms with E-state index in [0.717, 1.165) is 0 Å². The number of benzene rings is 1. The molecule has 0 aliphatic rings. The lowest BCUT2D eigenvalue weighted by atomic mass is 10.2. The van der Waals surface area contributed by atoms with Crippen molar-refractivity contribution in [2.75, 3.05) is 11.1 Å². The maximum Gasteiger partial charge on any atom is 0.260 e. The van der Waals surface area contributed by atoms with E-state index in [4.69, 9.17) is 5.73 Å². The molecule has 1 heterocycles. The summed E-state index contributed by atoms with van der Waals surface area (Å²) in [4.78, 5) is 15.4. The van der Waals surface area contributed by atoms with Gasteiger partial charge in [-0.2, -0.15) is 10.1 Å². The van der Waals surface area contributed by atoms with Gasteiger partial charge in [0.2, 0.25) is 5.95 Å². The van der Waals surface area contributed by atoms with Gasteiger partial charge in [-0.3, -0.25) is 10.1 Å². The molecule has 2 aromatic rings. The third kappa shape index (κ3) is 1.93. The number of carbonyl (C=O) groups is 1. The predicted molar refractivity (Wildman–Crippen MR) is 55.2 cm³/mol. The largest absolute Gasteiger partial charge is 0.398 e. The lowest BCUT2D eigenvalue weighted by molar-refractivity contribution is 0.102. The van der Waals surface area contributed by atoms with Crippen LogP contribution >= 0.6 is 0 Å². The first-order valence-electron chi connectivity index (χ1n) is 4.28. The SMILES string of the molecule is Nc1ccccc1C(=O)Nc1ncn[nH]1. The normalized spacial score (nSPS) is 9.87. The number of nitrogen functional groups attached to an aromatic ring is 1. The topological polar surface area (TPSA) is 96.7 Å². The zero-order valence-corrected chi connectivity index (χ0v) is 7.77. The average Bonchev–Trinajstić information content (AvgIpc) is 2.71. The highest BCUT2D eigenvalue weighted by molar-refractivity contribution is 6.06. The van der Waals surface area contributed by atoms with Crippen molar-refractivity contribution >= 4 is 17.5 Å². The number of nitrogens with zero attached hydrogens (tertiary/aromatic N) is 2. The molecule has 0 bridgehead atoms. The monoisotopic (exact) mass is 203 g/mol. The van der Waals surface area contributed by atoms with E-state index >= 15 is 0 Å². The molecular weight excluding hydrogens is 194 g/mol. The number of anilines is 2. The summed E-state index contributed by atoms with van der Waals surface area (Å²) in [5.41, 5.74) is 6.48. The molecule has 0 aliphatic heterocycles. The Bertz CT molecular complexity index is 465. The standard InChI is InChI=1S/C9H9N5O/c10-7-4-2-1-3-6(7)8(15)13-9-11-5-12-14-9/h1-5H,10H2,(H2,11,12,13,14,15). The molecule has 0 spiro atoms. The van der Waals surface area contributed by atoms with E-state index < -0.39 is 0 Å². The van der Waals surface area contributed by atoms with Gasteiger partial charge in [0.15, 0.2) is 0 Å². The van der Waals surface area contributed by atoms with Crippen LogP contribution in [0.25, 0.3) is 0 Å². The van der Waals surface area contributed by atoms with Gasteiger partial charge in [0.05, 0.1) is 5.56 Å². The van der Waals surface area contributed by atoms with Crippen molar-refractivity contribution in [2.45, 2.75) is 0 Å². The van der Waals surface area contributed by atoms with Crippen molar-refractivity contribution in [3.8, 4) is 0 Å². The maximum absolute atomic E-state index is 11.7. The number of amides is 1. The summed E-state index contributed by atoms with van der Waals surface area (Å²) in [5.74, 6) is -0.0203. The van der Waals surface area contributed by atoms with Gasteiger partial charge in [-0.15, -0.1) is 0 Å². The Balaban J connectivity index is 2.19. The minimum atomic E-state index is -0.315. The Morgan fingerprint density at radius 1 is 1.40 bits per heavy atom. The first kappa shape index (κ1) is 9.20. The fourth-order valence-corrected chi connectivity index (χ4v) is 1.14. The quantitative estimate of drug-likeness (QED) is 0.624. The van der Waals surface area contributed by atoms with Gasteiger partial charge in [0.25, 0.3) is 5.91 Å². The Hall–Kier alpha value is -2.37. The Morgan fingerprint density at radius 3 is 2.87 bits per heavy atom. The number of aromatic nitrogens is 3. The highest BCUT2D eigenvalue weighted by Crippen LogP contribution is 2.11. The fourth-order valence-electron chi connectivity index (χ4n) is 1.14. The molecule has 1 amide bonds. The van der Waals surface area contributed by atoms with Crippen LogP contribution in [0.15, 0.2) is 30.6 Å². The van der Waals surface area contributed by atoms with Gasteiger partial charge < -0.3 is 5.73 Å². The molecule has 15 heavy (non-hydrogen) atoms. The molecular formula is C9H9N5O. The first-order chi connectivity index (χ1) is 7.27. The summed E-state index contributed by atoms with van der Waals surface area (Å²) >= 11 is 0.